The largest absolute Gasteiger partial charge is 0.361 e. The van der Waals surface area contributed by atoms with Gasteiger partial charge in [-0.05, 0) is 67.6 Å². The highest BCUT2D eigenvalue weighted by Gasteiger charge is 2.37. The molecule has 1 fully saturated rings. The van der Waals surface area contributed by atoms with Crippen molar-refractivity contribution in [2.45, 2.75) is 77.4 Å². The van der Waals surface area contributed by atoms with Crippen LogP contribution in [0.3, 0.4) is 0 Å². The van der Waals surface area contributed by atoms with Gasteiger partial charge in [0.05, 0.1) is 12.1 Å². The van der Waals surface area contributed by atoms with Crippen molar-refractivity contribution in [1.82, 2.24) is 15.2 Å². The summed E-state index contributed by atoms with van der Waals surface area (Å²) in [6, 6.07) is 16.6. The van der Waals surface area contributed by atoms with Crippen molar-refractivity contribution in [3.63, 3.8) is 0 Å². The molecule has 6 nitrogen and oxygen atoms in total. The molecule has 2 amide bonds. The second-order valence-electron chi connectivity index (χ2n) is 11.5. The van der Waals surface area contributed by atoms with Crippen LogP contribution in [0.4, 0.5) is 0 Å². The Hall–Kier alpha value is -3.03. The Labute approximate surface area is 237 Å². The number of nitrogens with two attached hydrogens (primary N) is 1. The summed E-state index contributed by atoms with van der Waals surface area (Å²) in [6.45, 7) is 7.20. The van der Waals surface area contributed by atoms with Gasteiger partial charge in [0.1, 0.15) is 6.04 Å². The Bertz CT molecular complexity index is 1270. The second kappa shape index (κ2) is 13.4. The van der Waals surface area contributed by atoms with Crippen LogP contribution in [0.2, 0.25) is 0 Å². The molecule has 1 aliphatic rings. The van der Waals surface area contributed by atoms with E-state index in [2.05, 4.69) is 43.2 Å². The second-order valence-corrected chi connectivity index (χ2v) is 12.0. The zero-order valence-electron chi connectivity index (χ0n) is 23.4. The molecule has 4 rings (SSSR count). The first-order valence-electron chi connectivity index (χ1n) is 14.2. The zero-order valence-corrected chi connectivity index (χ0v) is 24.2. The Morgan fingerprint density at radius 2 is 1.79 bits per heavy atom. The van der Waals surface area contributed by atoms with Gasteiger partial charge in [0, 0.05) is 28.5 Å². The van der Waals surface area contributed by atoms with Crippen molar-refractivity contribution in [1.29, 1.82) is 0 Å². The highest BCUT2D eigenvalue weighted by Crippen LogP contribution is 2.23. The first-order chi connectivity index (χ1) is 18.7. The molecule has 0 saturated carbocycles. The molecule has 0 bridgehead atoms. The molecule has 3 aromatic rings. The van der Waals surface area contributed by atoms with Crippen molar-refractivity contribution in [2.75, 3.05) is 6.54 Å². The molecule has 2 aromatic carbocycles. The predicted octanol–water partition coefficient (Wildman–Crippen LogP) is 5.20. The summed E-state index contributed by atoms with van der Waals surface area (Å²) >= 11 is 5.90. The van der Waals surface area contributed by atoms with Crippen molar-refractivity contribution < 1.29 is 9.59 Å². The molecule has 0 unspecified atom stereocenters. The van der Waals surface area contributed by atoms with Crippen LogP contribution in [-0.4, -0.2) is 51.2 Å². The Morgan fingerprint density at radius 1 is 1.08 bits per heavy atom. The number of rotatable bonds is 12. The van der Waals surface area contributed by atoms with E-state index < -0.39 is 12.1 Å². The van der Waals surface area contributed by atoms with Crippen LogP contribution in [0.1, 0.15) is 57.6 Å². The number of amides is 2. The molecule has 2 heterocycles. The molecular formula is C32H42N4O2S. The number of hydrogen-bond acceptors (Lipinski definition) is 4. The predicted molar refractivity (Wildman–Crippen MR) is 163 cm³/mol. The number of thiocarbonyl (C=S) groups is 1. The number of aromatic nitrogens is 1. The highest BCUT2D eigenvalue weighted by molar-refractivity contribution is 7.80. The number of hydrogen-bond donors (Lipinski definition) is 3. The lowest BCUT2D eigenvalue weighted by Gasteiger charge is -2.29. The van der Waals surface area contributed by atoms with Crippen LogP contribution in [-0.2, 0) is 22.4 Å². The smallest absolute Gasteiger partial charge is 0.243 e. The maximum absolute atomic E-state index is 13.6. The third kappa shape index (κ3) is 7.55. The Balaban J connectivity index is 1.44. The average molecular weight is 547 g/mol. The number of aromatic amines is 1. The van der Waals surface area contributed by atoms with E-state index in [-0.39, 0.29) is 17.9 Å². The van der Waals surface area contributed by atoms with Gasteiger partial charge in [0.2, 0.25) is 11.8 Å². The molecule has 39 heavy (non-hydrogen) atoms. The van der Waals surface area contributed by atoms with Gasteiger partial charge < -0.3 is 20.9 Å². The fourth-order valence-electron chi connectivity index (χ4n) is 5.88. The minimum absolute atomic E-state index is 0.139. The van der Waals surface area contributed by atoms with Gasteiger partial charge in [-0.3, -0.25) is 9.59 Å². The first kappa shape index (κ1) is 29.0. The minimum Gasteiger partial charge on any atom is -0.361 e. The van der Waals surface area contributed by atoms with Gasteiger partial charge in [0.15, 0.2) is 0 Å². The van der Waals surface area contributed by atoms with Crippen LogP contribution in [0.5, 0.6) is 0 Å². The number of carbonyl (C=O) groups is 2. The number of nitrogens with zero attached hydrogens (tertiary/aromatic N) is 1. The first-order valence-corrected chi connectivity index (χ1v) is 14.6. The van der Waals surface area contributed by atoms with Gasteiger partial charge in [-0.2, -0.15) is 0 Å². The van der Waals surface area contributed by atoms with Crippen LogP contribution in [0, 0.1) is 11.8 Å². The van der Waals surface area contributed by atoms with Crippen molar-refractivity contribution in [2.24, 2.45) is 17.6 Å². The van der Waals surface area contributed by atoms with E-state index in [0.29, 0.717) is 37.6 Å². The van der Waals surface area contributed by atoms with E-state index >= 15 is 0 Å². The van der Waals surface area contributed by atoms with Crippen LogP contribution >= 0.6 is 12.2 Å². The summed E-state index contributed by atoms with van der Waals surface area (Å²) in [5.41, 5.74) is 9.59. The maximum atomic E-state index is 13.6. The average Bonchev–Trinajstić information content (AvgIpc) is 3.56. The lowest BCUT2D eigenvalue weighted by molar-refractivity contribution is -0.139. The van der Waals surface area contributed by atoms with Crippen LogP contribution < -0.4 is 11.1 Å². The number of H-pyrrole nitrogens is 1. The van der Waals surface area contributed by atoms with Gasteiger partial charge in [0.25, 0.3) is 0 Å². The lowest BCUT2D eigenvalue weighted by Crippen LogP contribution is -2.54. The van der Waals surface area contributed by atoms with E-state index in [1.807, 2.05) is 48.7 Å². The number of para-hydroxylation sites is 1. The van der Waals surface area contributed by atoms with Crippen LogP contribution in [0.15, 0.2) is 60.8 Å². The molecule has 7 heteroatoms. The van der Waals surface area contributed by atoms with Crippen molar-refractivity contribution >= 4 is 39.8 Å². The highest BCUT2D eigenvalue weighted by atomic mass is 32.1. The van der Waals surface area contributed by atoms with Crippen LogP contribution in [0.25, 0.3) is 10.9 Å². The number of likely N-dealkylation sites (tertiary alicyclic amines) is 1. The van der Waals surface area contributed by atoms with E-state index in [4.69, 9.17) is 18.0 Å². The quantitative estimate of drug-likeness (QED) is 0.273. The zero-order chi connectivity index (χ0) is 27.9. The molecule has 4 N–H and O–H groups in total. The Kier molecular flexibility index (Phi) is 9.92. The fraction of sp³-hybridized carbons (Fsp3) is 0.469. The molecule has 1 aliphatic heterocycles. The summed E-state index contributed by atoms with van der Waals surface area (Å²) in [7, 11) is 0. The third-order valence-corrected chi connectivity index (χ3v) is 8.13. The molecule has 1 aromatic heterocycles. The topological polar surface area (TPSA) is 91.2 Å². The monoisotopic (exact) mass is 546 g/mol. The van der Waals surface area contributed by atoms with Gasteiger partial charge in [-0.15, -0.1) is 0 Å². The molecule has 208 valence electrons. The van der Waals surface area contributed by atoms with E-state index in [0.717, 1.165) is 46.2 Å². The van der Waals surface area contributed by atoms with Gasteiger partial charge >= 0.3 is 0 Å². The normalized spacial score (nSPS) is 17.8. The number of nitrogens with one attached hydrogen (secondary N) is 2. The molecule has 0 radical (unpaired) electrons. The summed E-state index contributed by atoms with van der Waals surface area (Å²) in [5.74, 6) is 0.724. The number of benzene rings is 2. The minimum atomic E-state index is -0.712. The van der Waals surface area contributed by atoms with Crippen molar-refractivity contribution in [3.05, 3.63) is 71.9 Å². The maximum Gasteiger partial charge on any atom is 0.243 e. The summed E-state index contributed by atoms with van der Waals surface area (Å²) < 4.78 is 0. The van der Waals surface area contributed by atoms with Gasteiger partial charge in [-0.25, -0.2) is 0 Å². The number of carbonyl (C=O) groups excluding carboxylic acids is 2. The van der Waals surface area contributed by atoms with Gasteiger partial charge in [-0.1, -0.05) is 81.5 Å². The summed E-state index contributed by atoms with van der Waals surface area (Å²) in [4.78, 5) is 32.9. The third-order valence-electron chi connectivity index (χ3n) is 7.68. The van der Waals surface area contributed by atoms with Crippen molar-refractivity contribution in [3.8, 4) is 0 Å². The van der Waals surface area contributed by atoms with E-state index in [1.165, 1.54) is 0 Å². The Morgan fingerprint density at radius 3 is 2.54 bits per heavy atom. The lowest BCUT2D eigenvalue weighted by atomic mass is 9.91. The standard InChI is InChI=1S/C32H42N4O2S/c1-21(2)16-22(3)17-30(39)28(18-23-10-5-4-6-11-23)35-31(37)29-14-9-15-36(29)32(38)26(33)19-24-20-34-27-13-8-7-12-25(24)27/h4-8,10-13,20-22,26,28-29,34H,9,14-19,33H2,1-3H3,(H,35,37)/t22-,26+,28+,29+/m1/s1. The summed E-state index contributed by atoms with van der Waals surface area (Å²) in [5, 5.41) is 4.31. The van der Waals surface area contributed by atoms with E-state index in [1.54, 1.807) is 4.90 Å². The molecular weight excluding hydrogens is 504 g/mol. The SMILES string of the molecule is CC(C)C[C@@H](C)CC(=S)[C@H](Cc1ccccc1)NC(=O)[C@@H]1CCCN1C(=O)[C@@H](N)Cc1c[nH]c2ccccc12. The summed E-state index contributed by atoms with van der Waals surface area (Å²) in [6.07, 6.45) is 6.26. The molecule has 0 aliphatic carbocycles. The molecule has 0 spiro atoms. The molecule has 4 atom stereocenters. The van der Waals surface area contributed by atoms with E-state index in [9.17, 15) is 9.59 Å². The fourth-order valence-corrected chi connectivity index (χ4v) is 6.30. The number of fused-ring (bicyclic) bond motifs is 1. The molecule has 1 saturated heterocycles.